The number of methoxy groups -OCH3 is 1. The molecule has 2 aromatic rings. The number of nitrogens with one attached hydrogen (secondary N) is 2. The van der Waals surface area contributed by atoms with Gasteiger partial charge in [-0.2, -0.15) is 0 Å². The maximum Gasteiger partial charge on any atom is 0.252 e. The molecule has 0 amide bonds. The number of hydrogen-bond acceptors (Lipinski definition) is 6. The van der Waals surface area contributed by atoms with Gasteiger partial charge in [-0.25, -0.2) is 0 Å². The molecule has 1 saturated carbocycles. The van der Waals surface area contributed by atoms with E-state index < -0.39 is 11.6 Å². The van der Waals surface area contributed by atoms with Gasteiger partial charge in [0.2, 0.25) is 0 Å². The van der Waals surface area contributed by atoms with Crippen LogP contribution in [0.2, 0.25) is 5.02 Å². The first-order valence-electron chi connectivity index (χ1n) is 9.90. The molecule has 0 spiro atoms. The fourth-order valence-corrected chi connectivity index (χ4v) is 3.42. The van der Waals surface area contributed by atoms with Crippen LogP contribution in [0.15, 0.2) is 47.5 Å². The highest BCUT2D eigenvalue weighted by molar-refractivity contribution is 6.31. The fraction of sp³-hybridized carbons (Fsp3) is 0.304. The molecule has 1 atom stereocenters. The van der Waals surface area contributed by atoms with Crippen molar-refractivity contribution in [3.63, 3.8) is 0 Å². The van der Waals surface area contributed by atoms with E-state index in [1.54, 1.807) is 30.5 Å². The summed E-state index contributed by atoms with van der Waals surface area (Å²) in [7, 11) is 1.44. The molecule has 0 saturated heterocycles. The van der Waals surface area contributed by atoms with Gasteiger partial charge in [0.05, 0.1) is 19.3 Å². The summed E-state index contributed by atoms with van der Waals surface area (Å²) < 4.78 is 6.70. The van der Waals surface area contributed by atoms with E-state index in [0.29, 0.717) is 39.8 Å². The Morgan fingerprint density at radius 1 is 1.35 bits per heavy atom. The number of pyridine rings is 1. The van der Waals surface area contributed by atoms with E-state index in [4.69, 9.17) is 21.7 Å². The fourth-order valence-electron chi connectivity index (χ4n) is 3.25. The van der Waals surface area contributed by atoms with Gasteiger partial charge in [-0.05, 0) is 55.8 Å². The molecule has 1 aromatic carbocycles. The average molecular weight is 442 g/mol. The smallest absolute Gasteiger partial charge is 0.252 e. The Kier molecular flexibility index (Phi) is 7.07. The van der Waals surface area contributed by atoms with Crippen molar-refractivity contribution in [1.29, 1.82) is 5.41 Å². The van der Waals surface area contributed by atoms with Gasteiger partial charge in [0.15, 0.2) is 5.78 Å². The third-order valence-electron chi connectivity index (χ3n) is 5.05. The van der Waals surface area contributed by atoms with Crippen molar-refractivity contribution in [2.75, 3.05) is 7.11 Å². The lowest BCUT2D eigenvalue weighted by molar-refractivity contribution is -0.110. The maximum atomic E-state index is 12.9. The predicted octanol–water partition coefficient (Wildman–Crippen LogP) is 3.80. The molecule has 7 nitrogen and oxygen atoms in total. The molecule has 31 heavy (non-hydrogen) atoms. The number of carbonyl (C=O) groups excluding carboxylic acids is 2. The lowest BCUT2D eigenvalue weighted by Crippen LogP contribution is -2.26. The van der Waals surface area contributed by atoms with E-state index in [1.807, 2.05) is 0 Å². The SMILES string of the molecule is COc1cn(C(C=O)CC(=N)/C=C\NC2CC2)c(=O)cc1-c1cc(Cl)ccc1C(C)=O. The van der Waals surface area contributed by atoms with E-state index >= 15 is 0 Å². The van der Waals surface area contributed by atoms with E-state index in [0.717, 1.165) is 12.8 Å². The lowest BCUT2D eigenvalue weighted by atomic mass is 9.97. The van der Waals surface area contributed by atoms with Crippen molar-refractivity contribution in [3.05, 3.63) is 63.7 Å². The molecule has 2 N–H and O–H groups in total. The number of ether oxygens (including phenoxy) is 1. The highest BCUT2D eigenvalue weighted by Gasteiger charge is 2.21. The van der Waals surface area contributed by atoms with Crippen LogP contribution in [-0.4, -0.2) is 35.5 Å². The molecule has 0 radical (unpaired) electrons. The average Bonchev–Trinajstić information content (AvgIpc) is 3.56. The van der Waals surface area contributed by atoms with Gasteiger partial charge < -0.3 is 24.8 Å². The third kappa shape index (κ3) is 5.49. The van der Waals surface area contributed by atoms with Crippen molar-refractivity contribution in [2.24, 2.45) is 0 Å². The molecule has 1 fully saturated rings. The summed E-state index contributed by atoms with van der Waals surface area (Å²) in [6, 6.07) is 5.74. The van der Waals surface area contributed by atoms with E-state index in [1.165, 1.54) is 30.9 Å². The molecule has 1 aromatic heterocycles. The van der Waals surface area contributed by atoms with Crippen LogP contribution in [0.3, 0.4) is 0 Å². The number of aldehydes is 1. The summed E-state index contributed by atoms with van der Waals surface area (Å²) in [5.41, 5.74) is 1.06. The largest absolute Gasteiger partial charge is 0.495 e. The number of aromatic nitrogens is 1. The topological polar surface area (TPSA) is 101 Å². The van der Waals surface area contributed by atoms with Gasteiger partial charge in [0.1, 0.15) is 12.0 Å². The zero-order valence-corrected chi connectivity index (χ0v) is 18.1. The Hall–Kier alpha value is -3.19. The van der Waals surface area contributed by atoms with Gasteiger partial charge in [0.25, 0.3) is 5.56 Å². The van der Waals surface area contributed by atoms with Gasteiger partial charge in [-0.3, -0.25) is 9.59 Å². The number of carbonyl (C=O) groups is 2. The molecular weight excluding hydrogens is 418 g/mol. The summed E-state index contributed by atoms with van der Waals surface area (Å²) in [4.78, 5) is 36.7. The Morgan fingerprint density at radius 3 is 2.71 bits per heavy atom. The number of benzene rings is 1. The van der Waals surface area contributed by atoms with Crippen LogP contribution in [-0.2, 0) is 4.79 Å². The molecular formula is C23H24ClN3O4. The third-order valence-corrected chi connectivity index (χ3v) is 5.29. The van der Waals surface area contributed by atoms with Gasteiger partial charge in [0, 0.05) is 40.4 Å². The van der Waals surface area contributed by atoms with Gasteiger partial charge in [-0.15, -0.1) is 0 Å². The van der Waals surface area contributed by atoms with E-state index in [-0.39, 0.29) is 17.9 Å². The second-order valence-electron chi connectivity index (χ2n) is 7.45. The first kappa shape index (κ1) is 22.5. The molecule has 1 aliphatic rings. The van der Waals surface area contributed by atoms with Crippen LogP contribution in [0.4, 0.5) is 0 Å². The molecule has 162 valence electrons. The number of hydrogen-bond donors (Lipinski definition) is 2. The summed E-state index contributed by atoms with van der Waals surface area (Å²) in [6.45, 7) is 1.43. The van der Waals surface area contributed by atoms with Gasteiger partial charge in [-0.1, -0.05) is 11.6 Å². The van der Waals surface area contributed by atoms with Crippen molar-refractivity contribution < 1.29 is 14.3 Å². The normalized spacial score (nSPS) is 14.3. The van der Waals surface area contributed by atoms with Crippen molar-refractivity contribution in [3.8, 4) is 16.9 Å². The molecule has 1 heterocycles. The van der Waals surface area contributed by atoms with Crippen LogP contribution in [0.5, 0.6) is 5.75 Å². The molecule has 1 aliphatic carbocycles. The monoisotopic (exact) mass is 441 g/mol. The second kappa shape index (κ2) is 9.75. The minimum Gasteiger partial charge on any atom is -0.495 e. The molecule has 0 aliphatic heterocycles. The zero-order chi connectivity index (χ0) is 22.5. The van der Waals surface area contributed by atoms with Crippen molar-refractivity contribution in [2.45, 2.75) is 38.3 Å². The zero-order valence-electron chi connectivity index (χ0n) is 17.4. The van der Waals surface area contributed by atoms with Crippen LogP contribution >= 0.6 is 11.6 Å². The van der Waals surface area contributed by atoms with Crippen LogP contribution < -0.4 is 15.6 Å². The van der Waals surface area contributed by atoms with E-state index in [2.05, 4.69) is 5.32 Å². The molecule has 3 rings (SSSR count). The summed E-state index contributed by atoms with van der Waals surface area (Å²) in [5, 5.41) is 11.7. The second-order valence-corrected chi connectivity index (χ2v) is 7.89. The highest BCUT2D eigenvalue weighted by atomic mass is 35.5. The lowest BCUT2D eigenvalue weighted by Gasteiger charge is -2.18. The minimum absolute atomic E-state index is 0.0601. The summed E-state index contributed by atoms with van der Waals surface area (Å²) in [5.74, 6) is 0.136. The van der Waals surface area contributed by atoms with Crippen molar-refractivity contribution >= 4 is 29.4 Å². The highest BCUT2D eigenvalue weighted by Crippen LogP contribution is 2.34. The van der Waals surface area contributed by atoms with Crippen molar-refractivity contribution in [1.82, 2.24) is 9.88 Å². The Morgan fingerprint density at radius 2 is 2.10 bits per heavy atom. The first-order chi connectivity index (χ1) is 14.8. The van der Waals surface area contributed by atoms with Gasteiger partial charge >= 0.3 is 0 Å². The van der Waals surface area contributed by atoms with E-state index in [9.17, 15) is 14.4 Å². The van der Waals surface area contributed by atoms with Crippen LogP contribution in [0, 0.1) is 5.41 Å². The molecule has 1 unspecified atom stereocenters. The molecule has 0 bridgehead atoms. The summed E-state index contributed by atoms with van der Waals surface area (Å²) in [6.07, 6.45) is 7.67. The number of allylic oxidation sites excluding steroid dienone is 1. The Bertz CT molecular complexity index is 1100. The Balaban J connectivity index is 1.95. The Labute approximate surface area is 185 Å². The quantitative estimate of drug-likeness (QED) is 0.332. The van der Waals surface area contributed by atoms with Crippen LogP contribution in [0.1, 0.15) is 42.6 Å². The number of halogens is 1. The van der Waals surface area contributed by atoms with Crippen LogP contribution in [0.25, 0.3) is 11.1 Å². The number of rotatable bonds is 10. The minimum atomic E-state index is -0.861. The number of Topliss-reactive ketones (excluding diaryl/α,β-unsaturated/α-hetero) is 1. The molecule has 8 heteroatoms. The number of ketones is 1. The maximum absolute atomic E-state index is 12.9. The first-order valence-corrected chi connectivity index (χ1v) is 10.3. The standard InChI is InChI=1S/C23H24ClN3O4/c1-14(29)19-6-3-15(24)9-20(19)21-11-23(30)27(12-22(21)31-2)18(13-28)10-16(25)7-8-26-17-4-5-17/h3,6-9,11-13,17-18,25-26H,4-5,10H2,1-2H3/b8-7-,25-16?. The summed E-state index contributed by atoms with van der Waals surface area (Å²) >= 11 is 6.12. The number of nitrogens with zero attached hydrogens (tertiary/aromatic N) is 1. The predicted molar refractivity (Wildman–Crippen MR) is 120 cm³/mol.